The first kappa shape index (κ1) is 16.3. The molecule has 2 aromatic rings. The molecule has 1 atom stereocenters. The minimum absolute atomic E-state index is 0.0195. The Kier molecular flexibility index (Phi) is 5.06. The zero-order chi connectivity index (χ0) is 16.3. The Morgan fingerprint density at radius 1 is 1.23 bits per heavy atom. The lowest BCUT2D eigenvalue weighted by molar-refractivity contribution is 0.0597. The van der Waals surface area contributed by atoms with Crippen LogP contribution in [0.4, 0.5) is 0 Å². The molecule has 0 saturated carbocycles. The van der Waals surface area contributed by atoms with Crippen molar-refractivity contribution >= 4 is 17.6 Å². The molecule has 0 spiro atoms. The lowest BCUT2D eigenvalue weighted by atomic mass is 9.94. The van der Waals surface area contributed by atoms with Gasteiger partial charge >= 0.3 is 5.97 Å². The first-order valence-corrected chi connectivity index (χ1v) is 7.07. The Morgan fingerprint density at radius 3 is 2.41 bits per heavy atom. The molecule has 0 radical (unpaired) electrons. The number of carbonyl (C=O) groups is 1. The van der Waals surface area contributed by atoms with E-state index in [4.69, 9.17) is 16.3 Å². The summed E-state index contributed by atoms with van der Waals surface area (Å²) in [6, 6.07) is 11.1. The van der Waals surface area contributed by atoms with Crippen molar-refractivity contribution in [3.63, 3.8) is 0 Å². The molecule has 4 nitrogen and oxygen atoms in total. The maximum atomic E-state index is 11.8. The van der Waals surface area contributed by atoms with Gasteiger partial charge in [0.2, 0.25) is 0 Å². The summed E-state index contributed by atoms with van der Waals surface area (Å²) in [5.41, 5.74) is 2.30. The molecule has 2 aromatic carbocycles. The predicted octanol–water partition coefficient (Wildman–Crippen LogP) is 3.88. The summed E-state index contributed by atoms with van der Waals surface area (Å²) >= 11 is 6.16. The van der Waals surface area contributed by atoms with E-state index in [-0.39, 0.29) is 16.3 Å². The fourth-order valence-electron chi connectivity index (χ4n) is 2.36. The van der Waals surface area contributed by atoms with Crippen LogP contribution in [0, 0.1) is 6.92 Å². The normalized spacial score (nSPS) is 12.0. The topological polar surface area (TPSA) is 55.8 Å². The van der Waals surface area contributed by atoms with Crippen LogP contribution in [0.3, 0.4) is 0 Å². The first-order chi connectivity index (χ1) is 10.5. The monoisotopic (exact) mass is 320 g/mol. The number of hydrogen-bond acceptors (Lipinski definition) is 4. The second-order valence-electron chi connectivity index (χ2n) is 4.82. The van der Waals surface area contributed by atoms with Gasteiger partial charge in [-0.15, -0.1) is 0 Å². The van der Waals surface area contributed by atoms with Gasteiger partial charge in [0.15, 0.2) is 0 Å². The number of halogens is 1. The number of carbonyl (C=O) groups excluding carboxylic acids is 1. The zero-order valence-electron chi connectivity index (χ0n) is 12.6. The molecule has 0 aromatic heterocycles. The minimum atomic E-state index is -0.649. The molecule has 5 heteroatoms. The predicted molar refractivity (Wildman–Crippen MR) is 84.5 cm³/mol. The SMILES string of the molecule is COC(=O)c1cc(C(OC)c2ccccc2)c(C)c(Cl)c1O. The summed E-state index contributed by atoms with van der Waals surface area (Å²) in [4.78, 5) is 11.8. The number of phenolic OH excluding ortho intramolecular Hbond substituents is 1. The standard InChI is InChI=1S/C17H17ClO4/c1-10-12(16(21-2)11-7-5-4-6-8-11)9-13(17(20)22-3)15(19)14(10)18/h4-9,16,19H,1-3H3. The smallest absolute Gasteiger partial charge is 0.341 e. The van der Waals surface area contributed by atoms with Crippen LogP contribution in [0.15, 0.2) is 36.4 Å². The van der Waals surface area contributed by atoms with Crippen molar-refractivity contribution in [3.8, 4) is 5.75 Å². The summed E-state index contributed by atoms with van der Waals surface area (Å²) in [5.74, 6) is -0.929. The number of benzene rings is 2. The Balaban J connectivity index is 2.63. The Labute approximate surface area is 134 Å². The molecular formula is C17H17ClO4. The lowest BCUT2D eigenvalue weighted by Gasteiger charge is -2.21. The molecule has 0 fully saturated rings. The van der Waals surface area contributed by atoms with Gasteiger partial charge in [-0.3, -0.25) is 0 Å². The van der Waals surface area contributed by atoms with Gasteiger partial charge in [-0.2, -0.15) is 0 Å². The summed E-state index contributed by atoms with van der Waals surface area (Å²) in [6.07, 6.45) is -0.400. The van der Waals surface area contributed by atoms with Crippen molar-refractivity contribution in [3.05, 3.63) is 63.7 Å². The van der Waals surface area contributed by atoms with E-state index in [0.29, 0.717) is 11.1 Å². The highest BCUT2D eigenvalue weighted by molar-refractivity contribution is 6.33. The van der Waals surface area contributed by atoms with Crippen LogP contribution in [-0.2, 0) is 9.47 Å². The van der Waals surface area contributed by atoms with Gasteiger partial charge in [-0.05, 0) is 29.7 Å². The molecular weight excluding hydrogens is 304 g/mol. The highest BCUT2D eigenvalue weighted by Crippen LogP contribution is 2.38. The second-order valence-corrected chi connectivity index (χ2v) is 5.20. The molecule has 0 bridgehead atoms. The number of rotatable bonds is 4. The van der Waals surface area contributed by atoms with Crippen molar-refractivity contribution < 1.29 is 19.4 Å². The van der Waals surface area contributed by atoms with Crippen molar-refractivity contribution in [1.29, 1.82) is 0 Å². The summed E-state index contributed by atoms with van der Waals surface area (Å²) in [5, 5.41) is 10.2. The van der Waals surface area contributed by atoms with E-state index in [0.717, 1.165) is 5.56 Å². The minimum Gasteiger partial charge on any atom is -0.505 e. The molecule has 0 amide bonds. The van der Waals surface area contributed by atoms with Crippen LogP contribution in [-0.4, -0.2) is 25.3 Å². The van der Waals surface area contributed by atoms with Gasteiger partial charge in [-0.1, -0.05) is 41.9 Å². The van der Waals surface area contributed by atoms with E-state index in [1.165, 1.54) is 7.11 Å². The average molecular weight is 321 g/mol. The van der Waals surface area contributed by atoms with E-state index in [1.54, 1.807) is 20.1 Å². The van der Waals surface area contributed by atoms with Crippen molar-refractivity contribution in [2.45, 2.75) is 13.0 Å². The molecule has 0 saturated heterocycles. The molecule has 0 heterocycles. The summed E-state index contributed by atoms with van der Waals surface area (Å²) in [6.45, 7) is 1.77. The van der Waals surface area contributed by atoms with Gasteiger partial charge in [0.1, 0.15) is 17.4 Å². The largest absolute Gasteiger partial charge is 0.505 e. The van der Waals surface area contributed by atoms with Crippen LogP contribution >= 0.6 is 11.6 Å². The number of phenols is 1. The van der Waals surface area contributed by atoms with Gasteiger partial charge in [0.25, 0.3) is 0 Å². The number of methoxy groups -OCH3 is 2. The molecule has 0 aliphatic rings. The van der Waals surface area contributed by atoms with Gasteiger partial charge in [0.05, 0.1) is 12.1 Å². The summed E-state index contributed by atoms with van der Waals surface area (Å²) < 4.78 is 10.3. The van der Waals surface area contributed by atoms with E-state index in [9.17, 15) is 9.90 Å². The number of esters is 1. The van der Waals surface area contributed by atoms with E-state index in [2.05, 4.69) is 4.74 Å². The zero-order valence-corrected chi connectivity index (χ0v) is 13.3. The molecule has 0 aliphatic carbocycles. The Hall–Kier alpha value is -2.04. The molecule has 0 aliphatic heterocycles. The molecule has 2 rings (SSSR count). The summed E-state index contributed by atoms with van der Waals surface area (Å²) in [7, 11) is 2.83. The quantitative estimate of drug-likeness (QED) is 0.869. The molecule has 116 valence electrons. The van der Waals surface area contributed by atoms with Crippen molar-refractivity contribution in [2.24, 2.45) is 0 Å². The maximum absolute atomic E-state index is 11.8. The lowest BCUT2D eigenvalue weighted by Crippen LogP contribution is -2.10. The maximum Gasteiger partial charge on any atom is 0.341 e. The van der Waals surface area contributed by atoms with Crippen LogP contribution in [0.1, 0.15) is 33.2 Å². The van der Waals surface area contributed by atoms with Crippen molar-refractivity contribution in [2.75, 3.05) is 14.2 Å². The Bertz CT molecular complexity index is 683. The Morgan fingerprint density at radius 2 is 1.86 bits per heavy atom. The molecule has 1 N–H and O–H groups in total. The van der Waals surface area contributed by atoms with E-state index < -0.39 is 12.1 Å². The third-order valence-electron chi connectivity index (χ3n) is 3.55. The first-order valence-electron chi connectivity index (χ1n) is 6.69. The number of hydrogen-bond donors (Lipinski definition) is 1. The van der Waals surface area contributed by atoms with Gasteiger partial charge in [-0.25, -0.2) is 4.79 Å². The number of ether oxygens (including phenoxy) is 2. The van der Waals surface area contributed by atoms with Crippen LogP contribution in [0.2, 0.25) is 5.02 Å². The van der Waals surface area contributed by atoms with E-state index in [1.807, 2.05) is 30.3 Å². The van der Waals surface area contributed by atoms with Crippen molar-refractivity contribution in [1.82, 2.24) is 0 Å². The van der Waals surface area contributed by atoms with Crippen LogP contribution < -0.4 is 0 Å². The van der Waals surface area contributed by atoms with Gasteiger partial charge < -0.3 is 14.6 Å². The average Bonchev–Trinajstić information content (AvgIpc) is 2.55. The third-order valence-corrected chi connectivity index (χ3v) is 4.01. The highest BCUT2D eigenvalue weighted by atomic mass is 35.5. The van der Waals surface area contributed by atoms with Crippen LogP contribution in [0.25, 0.3) is 0 Å². The molecule has 1 unspecified atom stereocenters. The number of aromatic hydroxyl groups is 1. The van der Waals surface area contributed by atoms with Gasteiger partial charge in [0, 0.05) is 7.11 Å². The molecule has 22 heavy (non-hydrogen) atoms. The second kappa shape index (κ2) is 6.81. The fourth-order valence-corrected chi connectivity index (χ4v) is 2.57. The van der Waals surface area contributed by atoms with Crippen LogP contribution in [0.5, 0.6) is 5.75 Å². The van der Waals surface area contributed by atoms with E-state index >= 15 is 0 Å². The highest BCUT2D eigenvalue weighted by Gasteiger charge is 2.24. The fraction of sp³-hybridized carbons (Fsp3) is 0.235. The third kappa shape index (κ3) is 2.93.